The molecule has 2 rings (SSSR count). The molecule has 1 aliphatic rings. The lowest BCUT2D eigenvalue weighted by atomic mass is 9.78. The van der Waals surface area contributed by atoms with Crippen LogP contribution < -0.4 is 0 Å². The monoisotopic (exact) mass is 276 g/mol. The predicted octanol–water partition coefficient (Wildman–Crippen LogP) is 3.22. The molecule has 1 aromatic carbocycles. The predicted molar refractivity (Wildman–Crippen MR) is 60.8 cm³/mol. The third kappa shape index (κ3) is 1.73. The Balaban J connectivity index is 2.70. The van der Waals surface area contributed by atoms with Gasteiger partial charge in [-0.25, -0.2) is 8.78 Å². The van der Waals surface area contributed by atoms with E-state index >= 15 is 0 Å². The first-order valence-electron chi connectivity index (χ1n) is 5.50. The SMILES string of the molecule is O=C(O)C1(c2c(F)cc(O)c(Cl)c2F)CCCC1. The van der Waals surface area contributed by atoms with Crippen LogP contribution in [0.15, 0.2) is 6.07 Å². The Morgan fingerprint density at radius 2 is 1.89 bits per heavy atom. The average Bonchev–Trinajstić information content (AvgIpc) is 2.76. The van der Waals surface area contributed by atoms with Gasteiger partial charge in [0.2, 0.25) is 0 Å². The summed E-state index contributed by atoms with van der Waals surface area (Å²) in [7, 11) is 0. The summed E-state index contributed by atoms with van der Waals surface area (Å²) in [5, 5.41) is 17.9. The van der Waals surface area contributed by atoms with Crippen molar-refractivity contribution in [1.29, 1.82) is 0 Å². The smallest absolute Gasteiger partial charge is 0.314 e. The van der Waals surface area contributed by atoms with E-state index in [-0.39, 0.29) is 12.8 Å². The fourth-order valence-corrected chi connectivity index (χ4v) is 2.72. The molecule has 98 valence electrons. The van der Waals surface area contributed by atoms with E-state index < -0.39 is 39.4 Å². The van der Waals surface area contributed by atoms with Crippen molar-refractivity contribution in [3.63, 3.8) is 0 Å². The van der Waals surface area contributed by atoms with E-state index in [4.69, 9.17) is 11.6 Å². The van der Waals surface area contributed by atoms with Crippen LogP contribution in [0.1, 0.15) is 31.2 Å². The molecule has 2 N–H and O–H groups in total. The molecular formula is C12H11ClF2O3. The molecule has 0 saturated heterocycles. The third-order valence-electron chi connectivity index (χ3n) is 3.48. The first-order chi connectivity index (χ1) is 8.40. The lowest BCUT2D eigenvalue weighted by Gasteiger charge is -2.25. The molecule has 0 radical (unpaired) electrons. The first kappa shape index (κ1) is 13.1. The van der Waals surface area contributed by atoms with Crippen molar-refractivity contribution >= 4 is 17.6 Å². The van der Waals surface area contributed by atoms with E-state index in [0.29, 0.717) is 18.9 Å². The second-order valence-corrected chi connectivity index (χ2v) is 4.85. The molecule has 0 heterocycles. The number of phenols is 1. The van der Waals surface area contributed by atoms with Gasteiger partial charge in [-0.05, 0) is 12.8 Å². The van der Waals surface area contributed by atoms with Crippen LogP contribution in [0, 0.1) is 11.6 Å². The van der Waals surface area contributed by atoms with E-state index in [9.17, 15) is 23.8 Å². The number of rotatable bonds is 2. The summed E-state index contributed by atoms with van der Waals surface area (Å²) < 4.78 is 27.8. The summed E-state index contributed by atoms with van der Waals surface area (Å²) in [6.45, 7) is 0. The van der Waals surface area contributed by atoms with Crippen molar-refractivity contribution in [1.82, 2.24) is 0 Å². The van der Waals surface area contributed by atoms with Gasteiger partial charge >= 0.3 is 5.97 Å². The largest absolute Gasteiger partial charge is 0.506 e. The average molecular weight is 277 g/mol. The molecule has 0 amide bonds. The van der Waals surface area contributed by atoms with Crippen molar-refractivity contribution < 1.29 is 23.8 Å². The van der Waals surface area contributed by atoms with Gasteiger partial charge in [0, 0.05) is 11.6 Å². The van der Waals surface area contributed by atoms with Gasteiger partial charge in [0.25, 0.3) is 0 Å². The molecule has 1 aliphatic carbocycles. The van der Waals surface area contributed by atoms with Gasteiger partial charge < -0.3 is 10.2 Å². The molecule has 1 saturated carbocycles. The van der Waals surface area contributed by atoms with Gasteiger partial charge in [-0.3, -0.25) is 4.79 Å². The van der Waals surface area contributed by atoms with Gasteiger partial charge in [0.15, 0.2) is 5.82 Å². The number of halogens is 3. The molecule has 3 nitrogen and oxygen atoms in total. The molecule has 0 bridgehead atoms. The van der Waals surface area contributed by atoms with Crippen LogP contribution in [0.2, 0.25) is 5.02 Å². The highest BCUT2D eigenvalue weighted by atomic mass is 35.5. The van der Waals surface area contributed by atoms with Gasteiger partial charge in [0.1, 0.15) is 16.6 Å². The lowest BCUT2D eigenvalue weighted by molar-refractivity contribution is -0.143. The highest BCUT2D eigenvalue weighted by Crippen LogP contribution is 2.46. The van der Waals surface area contributed by atoms with E-state index in [0.717, 1.165) is 0 Å². The Labute approximate surface area is 107 Å². The second-order valence-electron chi connectivity index (χ2n) is 4.47. The van der Waals surface area contributed by atoms with Gasteiger partial charge in [0.05, 0.1) is 5.41 Å². The van der Waals surface area contributed by atoms with Crippen LogP contribution in [0.25, 0.3) is 0 Å². The number of carboxylic acids is 1. The van der Waals surface area contributed by atoms with Crippen molar-refractivity contribution in [3.8, 4) is 5.75 Å². The van der Waals surface area contributed by atoms with Crippen molar-refractivity contribution in [2.24, 2.45) is 0 Å². The zero-order valence-corrected chi connectivity index (χ0v) is 10.1. The van der Waals surface area contributed by atoms with Crippen LogP contribution in [0.3, 0.4) is 0 Å². The van der Waals surface area contributed by atoms with Crippen molar-refractivity contribution in [2.45, 2.75) is 31.1 Å². The fraction of sp³-hybridized carbons (Fsp3) is 0.417. The summed E-state index contributed by atoms with van der Waals surface area (Å²) in [6, 6.07) is 0.657. The van der Waals surface area contributed by atoms with Gasteiger partial charge in [-0.2, -0.15) is 0 Å². The number of aliphatic carboxylic acids is 1. The van der Waals surface area contributed by atoms with E-state index in [2.05, 4.69) is 0 Å². The van der Waals surface area contributed by atoms with Crippen LogP contribution in [0.5, 0.6) is 5.75 Å². The van der Waals surface area contributed by atoms with Crippen LogP contribution in [-0.4, -0.2) is 16.2 Å². The first-order valence-corrected chi connectivity index (χ1v) is 5.88. The van der Waals surface area contributed by atoms with Crippen LogP contribution >= 0.6 is 11.6 Å². The molecule has 0 atom stereocenters. The number of hydrogen-bond acceptors (Lipinski definition) is 2. The molecule has 6 heteroatoms. The molecule has 0 aromatic heterocycles. The molecule has 1 aromatic rings. The number of carboxylic acid groups (broad SMARTS) is 1. The maximum absolute atomic E-state index is 14.0. The quantitative estimate of drug-likeness (QED) is 0.816. The minimum Gasteiger partial charge on any atom is -0.506 e. The third-order valence-corrected chi connectivity index (χ3v) is 3.84. The molecule has 18 heavy (non-hydrogen) atoms. The zero-order valence-electron chi connectivity index (χ0n) is 9.34. The lowest BCUT2D eigenvalue weighted by Crippen LogP contribution is -2.34. The molecule has 0 aliphatic heterocycles. The van der Waals surface area contributed by atoms with Crippen molar-refractivity contribution in [2.75, 3.05) is 0 Å². The molecule has 1 fully saturated rings. The number of hydrogen-bond donors (Lipinski definition) is 2. The van der Waals surface area contributed by atoms with Gasteiger partial charge in [-0.1, -0.05) is 24.4 Å². The Morgan fingerprint density at radius 3 is 2.39 bits per heavy atom. The van der Waals surface area contributed by atoms with E-state index in [1.54, 1.807) is 0 Å². The zero-order chi connectivity index (χ0) is 13.5. The summed E-state index contributed by atoms with van der Waals surface area (Å²) in [6.07, 6.45) is 1.50. The van der Waals surface area contributed by atoms with E-state index in [1.807, 2.05) is 0 Å². The van der Waals surface area contributed by atoms with Crippen LogP contribution in [-0.2, 0) is 10.2 Å². The number of benzene rings is 1. The number of carbonyl (C=O) groups is 1. The highest BCUT2D eigenvalue weighted by Gasteiger charge is 2.47. The Hall–Kier alpha value is -1.36. The standard InChI is InChI=1S/C12H11ClF2O3/c13-9-7(16)5-6(14)8(10(9)15)12(11(17)18)3-1-2-4-12/h5,16H,1-4H2,(H,17,18). The maximum atomic E-state index is 14.0. The summed E-state index contributed by atoms with van der Waals surface area (Å²) in [5.74, 6) is -4.24. The summed E-state index contributed by atoms with van der Waals surface area (Å²) >= 11 is 5.52. The number of aromatic hydroxyl groups is 1. The fourth-order valence-electron chi connectivity index (χ4n) is 2.57. The summed E-state index contributed by atoms with van der Waals surface area (Å²) in [4.78, 5) is 11.4. The maximum Gasteiger partial charge on any atom is 0.314 e. The Bertz CT molecular complexity index is 511. The Morgan fingerprint density at radius 1 is 1.33 bits per heavy atom. The topological polar surface area (TPSA) is 57.5 Å². The molecule has 0 unspecified atom stereocenters. The second kappa shape index (κ2) is 4.39. The number of phenolic OH excluding ortho intramolecular Hbond substituents is 1. The highest BCUT2D eigenvalue weighted by molar-refractivity contribution is 6.32. The molecule has 0 spiro atoms. The van der Waals surface area contributed by atoms with Crippen molar-refractivity contribution in [3.05, 3.63) is 28.3 Å². The summed E-state index contributed by atoms with van der Waals surface area (Å²) in [5.41, 5.74) is -2.12. The Kier molecular flexibility index (Phi) is 3.19. The van der Waals surface area contributed by atoms with Crippen LogP contribution in [0.4, 0.5) is 8.78 Å². The minimum atomic E-state index is -1.58. The molecular weight excluding hydrogens is 266 g/mol. The normalized spacial score (nSPS) is 17.9. The van der Waals surface area contributed by atoms with E-state index in [1.165, 1.54) is 0 Å². The minimum absolute atomic E-state index is 0.164. The van der Waals surface area contributed by atoms with Gasteiger partial charge in [-0.15, -0.1) is 0 Å².